The smallest absolute Gasteiger partial charge is 0.462 e. The summed E-state index contributed by atoms with van der Waals surface area (Å²) >= 11 is 0. The van der Waals surface area contributed by atoms with Gasteiger partial charge in [-0.25, -0.2) is 4.57 Å². The van der Waals surface area contributed by atoms with Crippen molar-refractivity contribution in [3.8, 4) is 0 Å². The summed E-state index contributed by atoms with van der Waals surface area (Å²) in [5.41, 5.74) is 5.35. The first-order valence-corrected chi connectivity index (χ1v) is 24.0. The number of carbonyl (C=O) groups excluding carboxylic acids is 2. The molecule has 0 rings (SSSR count). The summed E-state index contributed by atoms with van der Waals surface area (Å²) in [5, 5.41) is 0. The van der Waals surface area contributed by atoms with E-state index in [1.807, 2.05) is 0 Å². The van der Waals surface area contributed by atoms with Gasteiger partial charge in [-0.2, -0.15) is 0 Å². The number of hydrogen-bond acceptors (Lipinski definition) is 8. The third-order valence-electron chi connectivity index (χ3n) is 9.53. The summed E-state index contributed by atoms with van der Waals surface area (Å²) < 4.78 is 32.8. The molecule has 0 aliphatic rings. The molecule has 0 heterocycles. The van der Waals surface area contributed by atoms with E-state index in [2.05, 4.69) is 50.3 Å². The largest absolute Gasteiger partial charge is 0.472 e. The molecule has 0 amide bonds. The molecule has 0 aromatic heterocycles. The van der Waals surface area contributed by atoms with Gasteiger partial charge in [-0.05, 0) is 51.4 Å². The summed E-state index contributed by atoms with van der Waals surface area (Å²) in [4.78, 5) is 34.9. The summed E-state index contributed by atoms with van der Waals surface area (Å²) in [5.74, 6) is -0.847. The van der Waals surface area contributed by atoms with Gasteiger partial charge in [-0.15, -0.1) is 0 Å². The lowest BCUT2D eigenvalue weighted by atomic mass is 10.0. The average molecular weight is 798 g/mol. The van der Waals surface area contributed by atoms with Crippen molar-refractivity contribution < 1.29 is 37.6 Å². The molecular formula is C45H84NO8P. The van der Waals surface area contributed by atoms with Crippen LogP contribution in [-0.4, -0.2) is 49.3 Å². The number of carbonyl (C=O) groups is 2. The molecule has 0 bridgehead atoms. The number of rotatable bonds is 42. The molecule has 0 fully saturated rings. The number of ether oxygens (including phenoxy) is 2. The van der Waals surface area contributed by atoms with Gasteiger partial charge in [0.25, 0.3) is 0 Å². The molecule has 2 atom stereocenters. The van der Waals surface area contributed by atoms with Crippen molar-refractivity contribution in [1.29, 1.82) is 0 Å². The molecule has 9 nitrogen and oxygen atoms in total. The predicted molar refractivity (Wildman–Crippen MR) is 229 cm³/mol. The van der Waals surface area contributed by atoms with Crippen molar-refractivity contribution in [1.82, 2.24) is 0 Å². The highest BCUT2D eigenvalue weighted by Crippen LogP contribution is 2.43. The van der Waals surface area contributed by atoms with E-state index in [1.54, 1.807) is 0 Å². The number of unbranched alkanes of at least 4 members (excludes halogenated alkanes) is 23. The van der Waals surface area contributed by atoms with E-state index < -0.39 is 26.5 Å². The second-order valence-electron chi connectivity index (χ2n) is 14.9. The Labute approximate surface area is 337 Å². The van der Waals surface area contributed by atoms with Gasteiger partial charge in [0.2, 0.25) is 0 Å². The van der Waals surface area contributed by atoms with Crippen molar-refractivity contribution >= 4 is 19.8 Å². The minimum absolute atomic E-state index is 0.0499. The number of hydrogen-bond donors (Lipinski definition) is 2. The second kappa shape index (κ2) is 41.9. The van der Waals surface area contributed by atoms with Gasteiger partial charge in [0.15, 0.2) is 6.10 Å². The van der Waals surface area contributed by atoms with Crippen LogP contribution >= 0.6 is 7.82 Å². The van der Waals surface area contributed by atoms with Crippen molar-refractivity contribution in [3.05, 3.63) is 36.5 Å². The van der Waals surface area contributed by atoms with E-state index >= 15 is 0 Å². The van der Waals surface area contributed by atoms with Crippen LogP contribution in [0, 0.1) is 0 Å². The van der Waals surface area contributed by atoms with E-state index in [4.69, 9.17) is 24.3 Å². The van der Waals surface area contributed by atoms with Gasteiger partial charge in [0, 0.05) is 19.4 Å². The number of nitrogens with two attached hydrogens (primary N) is 1. The monoisotopic (exact) mass is 798 g/mol. The highest BCUT2D eigenvalue weighted by molar-refractivity contribution is 7.47. The van der Waals surface area contributed by atoms with Crippen molar-refractivity contribution in [2.75, 3.05) is 26.4 Å². The third kappa shape index (κ3) is 41.7. The summed E-state index contributed by atoms with van der Waals surface area (Å²) in [6, 6.07) is 0. The number of phosphoric ester groups is 1. The molecule has 55 heavy (non-hydrogen) atoms. The van der Waals surface area contributed by atoms with Crippen molar-refractivity contribution in [2.45, 2.75) is 213 Å². The zero-order chi connectivity index (χ0) is 40.3. The van der Waals surface area contributed by atoms with Crippen LogP contribution < -0.4 is 5.73 Å². The number of phosphoric acid groups is 1. The van der Waals surface area contributed by atoms with Gasteiger partial charge in [-0.3, -0.25) is 18.6 Å². The number of esters is 2. The SMILES string of the molecule is CCCCCC=CCC=CCC=CCCCCCCC(=O)OC(COC(=O)CCCCCCCCCCCCCCCCCCC)COP(=O)(O)OCCN. The average Bonchev–Trinajstić information content (AvgIpc) is 3.17. The highest BCUT2D eigenvalue weighted by atomic mass is 31.2. The first kappa shape index (κ1) is 53.2. The Bertz CT molecular complexity index is 1000. The molecule has 0 saturated carbocycles. The molecule has 3 N–H and O–H groups in total. The normalized spacial score (nSPS) is 13.6. The zero-order valence-corrected chi connectivity index (χ0v) is 36.3. The van der Waals surface area contributed by atoms with Crippen LogP contribution in [0.4, 0.5) is 0 Å². The molecule has 0 aliphatic carbocycles. The van der Waals surface area contributed by atoms with Gasteiger partial charge >= 0.3 is 19.8 Å². The molecule has 2 unspecified atom stereocenters. The second-order valence-corrected chi connectivity index (χ2v) is 16.4. The van der Waals surface area contributed by atoms with Crippen LogP contribution in [0.3, 0.4) is 0 Å². The van der Waals surface area contributed by atoms with Crippen molar-refractivity contribution in [2.24, 2.45) is 5.73 Å². The number of allylic oxidation sites excluding steroid dienone is 6. The Morgan fingerprint density at radius 2 is 0.945 bits per heavy atom. The molecule has 0 spiro atoms. The third-order valence-corrected chi connectivity index (χ3v) is 10.5. The molecule has 0 radical (unpaired) electrons. The highest BCUT2D eigenvalue weighted by Gasteiger charge is 2.26. The standard InChI is InChI=1S/C45H84NO8P/c1-3-5-7-9-11-13-15-17-19-21-23-25-27-29-31-33-35-37-44(47)51-41-43(42-53-55(49,50)52-40-39-46)54-45(48)38-36-34-32-30-28-26-24-22-20-18-16-14-12-10-8-6-4-2/h12,14,18,20,24,26,43H,3-11,13,15-17,19,21-23,25,27-42,46H2,1-2H3,(H,49,50). The van der Waals surface area contributed by atoms with Gasteiger partial charge < -0.3 is 20.1 Å². The molecule has 322 valence electrons. The van der Waals surface area contributed by atoms with Crippen molar-refractivity contribution in [3.63, 3.8) is 0 Å². The van der Waals surface area contributed by atoms with Crippen LogP contribution in [0.5, 0.6) is 0 Å². The van der Waals surface area contributed by atoms with E-state index in [-0.39, 0.29) is 38.6 Å². The van der Waals surface area contributed by atoms with Crippen LogP contribution in [0.25, 0.3) is 0 Å². The van der Waals surface area contributed by atoms with Crippen LogP contribution in [0.2, 0.25) is 0 Å². The topological polar surface area (TPSA) is 134 Å². The molecular weight excluding hydrogens is 713 g/mol. The zero-order valence-electron chi connectivity index (χ0n) is 35.4. The molecule has 0 aromatic rings. The lowest BCUT2D eigenvalue weighted by molar-refractivity contribution is -0.161. The van der Waals surface area contributed by atoms with E-state index in [1.165, 1.54) is 116 Å². The Kier molecular flexibility index (Phi) is 40.5. The maximum absolute atomic E-state index is 12.6. The van der Waals surface area contributed by atoms with Gasteiger partial charge in [0.05, 0.1) is 13.2 Å². The first-order chi connectivity index (χ1) is 26.8. The Morgan fingerprint density at radius 3 is 1.44 bits per heavy atom. The fraction of sp³-hybridized carbons (Fsp3) is 0.822. The molecule has 0 aromatic carbocycles. The fourth-order valence-electron chi connectivity index (χ4n) is 6.17. The summed E-state index contributed by atoms with van der Waals surface area (Å²) in [6.07, 6.45) is 46.0. The Morgan fingerprint density at radius 1 is 0.545 bits per heavy atom. The van der Waals surface area contributed by atoms with Crippen LogP contribution in [0.1, 0.15) is 206 Å². The van der Waals surface area contributed by atoms with Gasteiger partial charge in [0.1, 0.15) is 6.61 Å². The summed E-state index contributed by atoms with van der Waals surface area (Å²) in [6.45, 7) is 3.70. The first-order valence-electron chi connectivity index (χ1n) is 22.5. The minimum Gasteiger partial charge on any atom is -0.462 e. The molecule has 10 heteroatoms. The fourth-order valence-corrected chi connectivity index (χ4v) is 6.94. The maximum atomic E-state index is 12.6. The van der Waals surface area contributed by atoms with Gasteiger partial charge in [-0.1, -0.05) is 179 Å². The maximum Gasteiger partial charge on any atom is 0.472 e. The summed E-state index contributed by atoms with van der Waals surface area (Å²) in [7, 11) is -4.38. The van der Waals surface area contributed by atoms with E-state index in [9.17, 15) is 19.0 Å². The Hall–Kier alpha value is -1.77. The lowest BCUT2D eigenvalue weighted by Crippen LogP contribution is -2.29. The minimum atomic E-state index is -4.38. The van der Waals surface area contributed by atoms with E-state index in [0.29, 0.717) is 6.42 Å². The molecule has 0 aliphatic heterocycles. The predicted octanol–water partition coefficient (Wildman–Crippen LogP) is 12.9. The lowest BCUT2D eigenvalue weighted by Gasteiger charge is -2.19. The van der Waals surface area contributed by atoms with Crippen LogP contribution in [-0.2, 0) is 32.7 Å². The van der Waals surface area contributed by atoms with E-state index in [0.717, 1.165) is 57.8 Å². The Balaban J connectivity index is 4.16. The molecule has 0 saturated heterocycles. The quantitative estimate of drug-likeness (QED) is 0.0268. The van der Waals surface area contributed by atoms with Crippen LogP contribution in [0.15, 0.2) is 36.5 Å².